The Labute approximate surface area is 96.0 Å². The minimum atomic E-state index is -0.00582. The third kappa shape index (κ3) is 2.42. The van der Waals surface area contributed by atoms with Gasteiger partial charge in [0, 0.05) is 6.54 Å². The minimum absolute atomic E-state index is 0.00582. The van der Waals surface area contributed by atoms with Crippen LogP contribution < -0.4 is 11.1 Å². The van der Waals surface area contributed by atoms with E-state index >= 15 is 0 Å². The topological polar surface area (TPSA) is 55.1 Å². The fourth-order valence-electron chi connectivity index (χ4n) is 2.22. The lowest BCUT2D eigenvalue weighted by atomic mass is 10.0. The summed E-state index contributed by atoms with van der Waals surface area (Å²) in [6, 6.07) is 10.3. The Morgan fingerprint density at radius 3 is 2.69 bits per heavy atom. The Morgan fingerprint density at radius 1 is 1.25 bits per heavy atom. The zero-order chi connectivity index (χ0) is 11.4. The molecule has 1 aromatic rings. The van der Waals surface area contributed by atoms with Gasteiger partial charge in [-0.2, -0.15) is 0 Å². The van der Waals surface area contributed by atoms with E-state index in [1.807, 2.05) is 18.2 Å². The number of benzene rings is 1. The van der Waals surface area contributed by atoms with Crippen molar-refractivity contribution in [3.8, 4) is 0 Å². The van der Waals surface area contributed by atoms with Crippen molar-refractivity contribution in [2.24, 2.45) is 11.7 Å². The summed E-state index contributed by atoms with van der Waals surface area (Å²) in [5, 5.41) is 3.08. The van der Waals surface area contributed by atoms with E-state index in [1.54, 1.807) is 0 Å². The highest BCUT2D eigenvalue weighted by atomic mass is 16.2. The molecule has 1 fully saturated rings. The summed E-state index contributed by atoms with van der Waals surface area (Å²) in [5.41, 5.74) is 6.77. The van der Waals surface area contributed by atoms with E-state index < -0.39 is 0 Å². The Balaban J connectivity index is 2.10. The van der Waals surface area contributed by atoms with Gasteiger partial charge in [0.25, 0.3) is 0 Å². The summed E-state index contributed by atoms with van der Waals surface area (Å²) < 4.78 is 0. The van der Waals surface area contributed by atoms with Crippen molar-refractivity contribution in [3.05, 3.63) is 35.9 Å². The third-order valence-electron chi connectivity index (χ3n) is 3.22. The highest BCUT2D eigenvalue weighted by Gasteiger charge is 2.24. The molecule has 0 aromatic heterocycles. The van der Waals surface area contributed by atoms with Gasteiger partial charge < -0.3 is 11.1 Å². The first kappa shape index (κ1) is 11.1. The summed E-state index contributed by atoms with van der Waals surface area (Å²) >= 11 is 0. The van der Waals surface area contributed by atoms with Crippen LogP contribution in [0.2, 0.25) is 0 Å². The monoisotopic (exact) mass is 218 g/mol. The van der Waals surface area contributed by atoms with Crippen LogP contribution in [0.3, 0.4) is 0 Å². The maximum Gasteiger partial charge on any atom is 0.224 e. The molecule has 1 aliphatic heterocycles. The molecule has 0 unspecified atom stereocenters. The van der Waals surface area contributed by atoms with Crippen LogP contribution >= 0.6 is 0 Å². The van der Waals surface area contributed by atoms with Gasteiger partial charge in [0.05, 0.1) is 12.0 Å². The number of carbonyl (C=O) groups excluding carboxylic acids is 1. The summed E-state index contributed by atoms with van der Waals surface area (Å²) in [5.74, 6) is 0.0996. The Bertz CT molecular complexity index is 350. The van der Waals surface area contributed by atoms with E-state index in [2.05, 4.69) is 17.4 Å². The van der Waals surface area contributed by atoms with Crippen molar-refractivity contribution in [2.45, 2.75) is 25.3 Å². The van der Waals surface area contributed by atoms with Crippen LogP contribution in [0.1, 0.15) is 30.9 Å². The van der Waals surface area contributed by atoms with Crippen LogP contribution in [0.4, 0.5) is 0 Å². The van der Waals surface area contributed by atoms with Gasteiger partial charge in [-0.25, -0.2) is 0 Å². The number of hydrogen-bond acceptors (Lipinski definition) is 2. The predicted molar refractivity (Wildman–Crippen MR) is 63.7 cm³/mol. The van der Waals surface area contributed by atoms with Crippen LogP contribution in [0.25, 0.3) is 0 Å². The lowest BCUT2D eigenvalue weighted by Crippen LogP contribution is -2.34. The Kier molecular flexibility index (Phi) is 3.57. The van der Waals surface area contributed by atoms with E-state index in [9.17, 15) is 4.79 Å². The molecule has 3 heteroatoms. The molecular weight excluding hydrogens is 200 g/mol. The second-order valence-electron chi connectivity index (χ2n) is 4.34. The van der Waals surface area contributed by atoms with Gasteiger partial charge in [-0.15, -0.1) is 0 Å². The van der Waals surface area contributed by atoms with Crippen molar-refractivity contribution in [3.63, 3.8) is 0 Å². The number of carbonyl (C=O) groups is 1. The van der Waals surface area contributed by atoms with Crippen molar-refractivity contribution in [1.29, 1.82) is 0 Å². The molecule has 86 valence electrons. The van der Waals surface area contributed by atoms with Crippen molar-refractivity contribution < 1.29 is 4.79 Å². The molecule has 1 amide bonds. The molecule has 1 heterocycles. The summed E-state index contributed by atoms with van der Waals surface area (Å²) in [4.78, 5) is 11.8. The van der Waals surface area contributed by atoms with Gasteiger partial charge in [0.15, 0.2) is 0 Å². The highest BCUT2D eigenvalue weighted by molar-refractivity contribution is 5.79. The molecule has 1 aromatic carbocycles. The third-order valence-corrected chi connectivity index (χ3v) is 3.22. The van der Waals surface area contributed by atoms with Gasteiger partial charge >= 0.3 is 0 Å². The van der Waals surface area contributed by atoms with E-state index in [1.165, 1.54) is 5.56 Å². The molecule has 2 rings (SSSR count). The first-order valence-electron chi connectivity index (χ1n) is 5.86. The van der Waals surface area contributed by atoms with Crippen molar-refractivity contribution in [1.82, 2.24) is 5.32 Å². The van der Waals surface area contributed by atoms with Crippen LogP contribution in [0.15, 0.2) is 30.3 Å². The molecule has 0 bridgehead atoms. The second kappa shape index (κ2) is 5.12. The number of nitrogens with two attached hydrogens (primary N) is 1. The lowest BCUT2D eigenvalue weighted by molar-refractivity contribution is -0.125. The summed E-state index contributed by atoms with van der Waals surface area (Å²) in [7, 11) is 0. The predicted octanol–water partition coefficient (Wildman–Crippen LogP) is 1.60. The van der Waals surface area contributed by atoms with Gasteiger partial charge in [0.2, 0.25) is 5.91 Å². The van der Waals surface area contributed by atoms with E-state index in [-0.39, 0.29) is 17.9 Å². The smallest absolute Gasteiger partial charge is 0.224 e. The average molecular weight is 218 g/mol. The first-order chi connectivity index (χ1) is 7.81. The number of hydrogen-bond donors (Lipinski definition) is 2. The summed E-state index contributed by atoms with van der Waals surface area (Å²) in [6.45, 7) is 0.452. The molecule has 16 heavy (non-hydrogen) atoms. The van der Waals surface area contributed by atoms with Crippen LogP contribution in [0.5, 0.6) is 0 Å². The van der Waals surface area contributed by atoms with Crippen LogP contribution in [-0.2, 0) is 4.79 Å². The maximum atomic E-state index is 11.8. The van der Waals surface area contributed by atoms with Gasteiger partial charge in [0.1, 0.15) is 0 Å². The molecule has 1 saturated heterocycles. The maximum absolute atomic E-state index is 11.8. The van der Waals surface area contributed by atoms with E-state index in [0.29, 0.717) is 6.54 Å². The van der Waals surface area contributed by atoms with Crippen LogP contribution in [-0.4, -0.2) is 12.5 Å². The lowest BCUT2D eigenvalue weighted by Gasteiger charge is -2.17. The average Bonchev–Trinajstić information content (AvgIpc) is 2.52. The zero-order valence-electron chi connectivity index (χ0n) is 9.36. The quantitative estimate of drug-likeness (QED) is 0.792. The molecule has 0 aliphatic carbocycles. The molecule has 3 nitrogen and oxygen atoms in total. The molecule has 3 N–H and O–H groups in total. The second-order valence-corrected chi connectivity index (χ2v) is 4.34. The molecule has 0 saturated carbocycles. The number of amides is 1. The number of rotatable bonds is 2. The zero-order valence-corrected chi connectivity index (χ0v) is 9.36. The standard InChI is InChI=1S/C13H18N2O/c14-9-11-7-4-8-12(15-13(11)16)10-5-2-1-3-6-10/h1-3,5-6,11-12H,4,7-9,14H2,(H,15,16)/t11-,12-/m1/s1. The first-order valence-corrected chi connectivity index (χ1v) is 5.86. The summed E-state index contributed by atoms with van der Waals surface area (Å²) in [6.07, 6.45) is 2.97. The van der Waals surface area contributed by atoms with Gasteiger partial charge in [-0.05, 0) is 18.4 Å². The molecule has 0 radical (unpaired) electrons. The van der Waals surface area contributed by atoms with Crippen molar-refractivity contribution >= 4 is 5.91 Å². The van der Waals surface area contributed by atoms with Crippen molar-refractivity contribution in [2.75, 3.05) is 6.54 Å². The number of nitrogens with one attached hydrogen (secondary N) is 1. The van der Waals surface area contributed by atoms with E-state index in [0.717, 1.165) is 19.3 Å². The molecule has 2 atom stereocenters. The van der Waals surface area contributed by atoms with Crippen LogP contribution in [0, 0.1) is 5.92 Å². The fraction of sp³-hybridized carbons (Fsp3) is 0.462. The highest BCUT2D eigenvalue weighted by Crippen LogP contribution is 2.24. The van der Waals surface area contributed by atoms with Gasteiger partial charge in [-0.1, -0.05) is 36.8 Å². The Morgan fingerprint density at radius 2 is 2.00 bits per heavy atom. The Hall–Kier alpha value is -1.35. The molecule has 0 spiro atoms. The molecular formula is C13H18N2O. The fourth-order valence-corrected chi connectivity index (χ4v) is 2.22. The minimum Gasteiger partial charge on any atom is -0.349 e. The largest absolute Gasteiger partial charge is 0.349 e. The van der Waals surface area contributed by atoms with Gasteiger partial charge in [-0.3, -0.25) is 4.79 Å². The SMILES string of the molecule is NC[C@H]1CCC[C@H](c2ccccc2)NC1=O. The molecule has 1 aliphatic rings. The van der Waals surface area contributed by atoms with E-state index in [4.69, 9.17) is 5.73 Å². The normalized spacial score (nSPS) is 25.9.